The van der Waals surface area contributed by atoms with Gasteiger partial charge in [0.05, 0.1) is 12.6 Å². The van der Waals surface area contributed by atoms with Crippen LogP contribution in [0.2, 0.25) is 0 Å². The fourth-order valence-electron chi connectivity index (χ4n) is 3.65. The van der Waals surface area contributed by atoms with Crippen LogP contribution in [0.15, 0.2) is 0 Å². The molecule has 0 aromatic rings. The number of carbonyl (C=O) groups excluding carboxylic acids is 1. The van der Waals surface area contributed by atoms with Crippen molar-refractivity contribution in [2.45, 2.75) is 57.5 Å². The molecule has 3 N–H and O–H groups in total. The first-order valence-corrected chi connectivity index (χ1v) is 8.91. The summed E-state index contributed by atoms with van der Waals surface area (Å²) >= 11 is 0. The summed E-state index contributed by atoms with van der Waals surface area (Å²) in [5, 5.41) is 23.7. The second-order valence-electron chi connectivity index (χ2n) is 6.98. The topological polar surface area (TPSA) is 105 Å². The molecule has 0 radical (unpaired) electrons. The molecular formula is C17H28N4O3. The van der Waals surface area contributed by atoms with E-state index in [1.165, 1.54) is 0 Å². The number of nitriles is 1. The van der Waals surface area contributed by atoms with Crippen molar-refractivity contribution < 1.29 is 14.7 Å². The van der Waals surface area contributed by atoms with E-state index in [0.29, 0.717) is 19.0 Å². The predicted molar refractivity (Wildman–Crippen MR) is 89.3 cm³/mol. The largest absolute Gasteiger partial charge is 0.480 e. The number of carbonyl (C=O) groups is 2. The lowest BCUT2D eigenvalue weighted by Crippen LogP contribution is -2.56. The second kappa shape index (κ2) is 8.88. The number of nitrogens with one attached hydrogen (secondary N) is 2. The van der Waals surface area contributed by atoms with E-state index in [4.69, 9.17) is 10.4 Å². The lowest BCUT2D eigenvalue weighted by atomic mass is 9.83. The van der Waals surface area contributed by atoms with Crippen LogP contribution in [-0.2, 0) is 4.79 Å². The van der Waals surface area contributed by atoms with Gasteiger partial charge in [-0.15, -0.1) is 0 Å². The molecule has 0 spiro atoms. The summed E-state index contributed by atoms with van der Waals surface area (Å²) < 4.78 is 0. The van der Waals surface area contributed by atoms with Crippen molar-refractivity contribution in [3.8, 4) is 6.07 Å². The normalized spacial score (nSPS) is 29.4. The molecule has 0 bridgehead atoms. The highest BCUT2D eigenvalue weighted by Gasteiger charge is 2.34. The first-order valence-electron chi connectivity index (χ1n) is 8.91. The van der Waals surface area contributed by atoms with Gasteiger partial charge in [0, 0.05) is 24.5 Å². The zero-order valence-corrected chi connectivity index (χ0v) is 14.3. The van der Waals surface area contributed by atoms with E-state index in [1.807, 2.05) is 11.8 Å². The molecule has 2 fully saturated rings. The highest BCUT2D eigenvalue weighted by molar-refractivity contribution is 5.74. The van der Waals surface area contributed by atoms with Gasteiger partial charge in [0.2, 0.25) is 0 Å². The Hall–Kier alpha value is -1.81. The van der Waals surface area contributed by atoms with Gasteiger partial charge < -0.3 is 15.7 Å². The summed E-state index contributed by atoms with van der Waals surface area (Å²) in [4.78, 5) is 24.7. The Bertz CT molecular complexity index is 477. The zero-order valence-electron chi connectivity index (χ0n) is 14.3. The van der Waals surface area contributed by atoms with Gasteiger partial charge in [-0.25, -0.2) is 4.79 Å². The molecule has 2 aliphatic rings. The Morgan fingerprint density at radius 1 is 1.25 bits per heavy atom. The van der Waals surface area contributed by atoms with E-state index in [1.54, 1.807) is 0 Å². The third-order valence-electron chi connectivity index (χ3n) is 5.29. The summed E-state index contributed by atoms with van der Waals surface area (Å²) in [7, 11) is 0. The minimum Gasteiger partial charge on any atom is -0.480 e. The average Bonchev–Trinajstić information content (AvgIpc) is 2.54. The maximum atomic E-state index is 12.0. The van der Waals surface area contributed by atoms with Crippen LogP contribution < -0.4 is 10.6 Å². The molecule has 0 saturated heterocycles. The third-order valence-corrected chi connectivity index (χ3v) is 5.29. The lowest BCUT2D eigenvalue weighted by Gasteiger charge is -2.42. The van der Waals surface area contributed by atoms with E-state index < -0.39 is 5.97 Å². The second-order valence-corrected chi connectivity index (χ2v) is 6.98. The molecule has 2 aliphatic carbocycles. The van der Waals surface area contributed by atoms with Gasteiger partial charge >= 0.3 is 12.0 Å². The Kier molecular flexibility index (Phi) is 6.85. The van der Waals surface area contributed by atoms with E-state index in [2.05, 4.69) is 16.7 Å². The van der Waals surface area contributed by atoms with E-state index in [0.717, 1.165) is 38.5 Å². The van der Waals surface area contributed by atoms with Crippen molar-refractivity contribution in [1.29, 1.82) is 5.26 Å². The van der Waals surface area contributed by atoms with Crippen molar-refractivity contribution in [1.82, 2.24) is 15.5 Å². The fourth-order valence-corrected chi connectivity index (χ4v) is 3.65. The molecule has 0 heterocycles. The monoisotopic (exact) mass is 336 g/mol. The number of hydrogen-bond donors (Lipinski definition) is 3. The number of hydrogen-bond acceptors (Lipinski definition) is 4. The van der Waals surface area contributed by atoms with Gasteiger partial charge in [0.15, 0.2) is 0 Å². The highest BCUT2D eigenvalue weighted by atomic mass is 16.4. The van der Waals surface area contributed by atoms with Gasteiger partial charge in [0.1, 0.15) is 0 Å². The minimum absolute atomic E-state index is 0.0610. The van der Waals surface area contributed by atoms with Crippen molar-refractivity contribution in [3.05, 3.63) is 0 Å². The SMILES string of the molecule is CCN(CC(=O)O)C1CC(NC(=O)NCC2CCC(C#N)CC2)C1. The molecule has 24 heavy (non-hydrogen) atoms. The van der Waals surface area contributed by atoms with Crippen molar-refractivity contribution in [2.24, 2.45) is 11.8 Å². The Morgan fingerprint density at radius 2 is 1.92 bits per heavy atom. The van der Waals surface area contributed by atoms with Crippen molar-refractivity contribution in [2.75, 3.05) is 19.6 Å². The summed E-state index contributed by atoms with van der Waals surface area (Å²) in [6.07, 6.45) is 5.50. The fraction of sp³-hybridized carbons (Fsp3) is 0.824. The maximum absolute atomic E-state index is 12.0. The molecule has 0 atom stereocenters. The number of likely N-dealkylation sites (N-methyl/N-ethyl adjacent to an activating group) is 1. The lowest BCUT2D eigenvalue weighted by molar-refractivity contribution is -0.139. The number of rotatable bonds is 7. The van der Waals surface area contributed by atoms with Crippen molar-refractivity contribution >= 4 is 12.0 Å². The van der Waals surface area contributed by atoms with Crippen LogP contribution in [0.3, 0.4) is 0 Å². The van der Waals surface area contributed by atoms with E-state index in [9.17, 15) is 9.59 Å². The summed E-state index contributed by atoms with van der Waals surface area (Å²) in [6, 6.07) is 2.56. The predicted octanol–water partition coefficient (Wildman–Crippen LogP) is 1.55. The van der Waals surface area contributed by atoms with E-state index >= 15 is 0 Å². The third kappa shape index (κ3) is 5.38. The number of carboxylic acid groups (broad SMARTS) is 1. The van der Waals surface area contributed by atoms with Crippen LogP contribution in [0, 0.1) is 23.2 Å². The number of amides is 2. The molecule has 7 heteroatoms. The summed E-state index contributed by atoms with van der Waals surface area (Å²) in [5.41, 5.74) is 0. The standard InChI is InChI=1S/C17H28N4O3/c1-2-21(11-16(22)23)15-7-14(8-15)20-17(24)19-10-13-5-3-12(9-18)4-6-13/h12-15H,2-8,10-11H2,1H3,(H,22,23)(H2,19,20,24). The van der Waals surface area contributed by atoms with Gasteiger partial charge in [-0.05, 0) is 51.0 Å². The van der Waals surface area contributed by atoms with Gasteiger partial charge in [-0.1, -0.05) is 6.92 Å². The molecule has 2 saturated carbocycles. The van der Waals surface area contributed by atoms with Crippen LogP contribution in [0.5, 0.6) is 0 Å². The zero-order chi connectivity index (χ0) is 17.5. The molecule has 2 amide bonds. The first-order chi connectivity index (χ1) is 11.5. The number of nitrogens with zero attached hydrogens (tertiary/aromatic N) is 2. The van der Waals surface area contributed by atoms with Crippen LogP contribution in [-0.4, -0.2) is 53.7 Å². The maximum Gasteiger partial charge on any atom is 0.317 e. The average molecular weight is 336 g/mol. The van der Waals surface area contributed by atoms with E-state index in [-0.39, 0.29) is 30.6 Å². The van der Waals surface area contributed by atoms with Crippen molar-refractivity contribution in [3.63, 3.8) is 0 Å². The van der Waals surface area contributed by atoms with Crippen LogP contribution >= 0.6 is 0 Å². The molecule has 7 nitrogen and oxygen atoms in total. The van der Waals surface area contributed by atoms with Gasteiger partial charge in [0.25, 0.3) is 0 Å². The smallest absolute Gasteiger partial charge is 0.317 e. The molecule has 2 rings (SSSR count). The summed E-state index contributed by atoms with van der Waals surface area (Å²) in [5.74, 6) is -0.146. The highest BCUT2D eigenvalue weighted by Crippen LogP contribution is 2.28. The Balaban J connectivity index is 1.59. The van der Waals surface area contributed by atoms with Crippen LogP contribution in [0.1, 0.15) is 45.4 Å². The number of aliphatic carboxylic acids is 1. The van der Waals surface area contributed by atoms with Crippen LogP contribution in [0.4, 0.5) is 4.79 Å². The quantitative estimate of drug-likeness (QED) is 0.654. The molecule has 0 aliphatic heterocycles. The molecular weight excluding hydrogens is 308 g/mol. The minimum atomic E-state index is -0.808. The molecule has 134 valence electrons. The van der Waals surface area contributed by atoms with Gasteiger partial charge in [-0.2, -0.15) is 5.26 Å². The Morgan fingerprint density at radius 3 is 2.46 bits per heavy atom. The molecule has 0 aromatic carbocycles. The van der Waals surface area contributed by atoms with Crippen LogP contribution in [0.25, 0.3) is 0 Å². The molecule has 0 aromatic heterocycles. The molecule has 0 unspecified atom stereocenters. The number of urea groups is 1. The number of carboxylic acids is 1. The summed E-state index contributed by atoms with van der Waals surface area (Å²) in [6.45, 7) is 3.39. The Labute approximate surface area is 143 Å². The van der Waals surface area contributed by atoms with Gasteiger partial charge in [-0.3, -0.25) is 9.69 Å². The first kappa shape index (κ1) is 18.5.